The van der Waals surface area contributed by atoms with Crippen LogP contribution in [0.2, 0.25) is 10.0 Å². The van der Waals surface area contributed by atoms with Crippen molar-refractivity contribution >= 4 is 41.2 Å². The molecule has 0 bridgehead atoms. The van der Waals surface area contributed by atoms with Gasteiger partial charge >= 0.3 is 11.8 Å². The first-order valence-electron chi connectivity index (χ1n) is 8.27. The van der Waals surface area contributed by atoms with Gasteiger partial charge in [0.25, 0.3) is 0 Å². The van der Waals surface area contributed by atoms with Crippen molar-refractivity contribution in [2.45, 2.75) is 6.61 Å². The topological polar surface area (TPSA) is 89.0 Å². The highest BCUT2D eigenvalue weighted by Crippen LogP contribution is 2.24. The molecule has 9 heteroatoms. The molecule has 0 spiro atoms. The van der Waals surface area contributed by atoms with Crippen LogP contribution in [0.3, 0.4) is 0 Å². The Hall–Kier alpha value is -2.61. The van der Waals surface area contributed by atoms with Crippen LogP contribution in [-0.2, 0) is 20.9 Å². The average Bonchev–Trinajstić information content (AvgIpc) is 2.69. The quantitative estimate of drug-likeness (QED) is 0.295. The van der Waals surface area contributed by atoms with E-state index in [1.54, 1.807) is 30.3 Å². The van der Waals surface area contributed by atoms with Crippen molar-refractivity contribution in [3.8, 4) is 5.75 Å². The van der Waals surface area contributed by atoms with Crippen molar-refractivity contribution in [2.75, 3.05) is 20.3 Å². The third kappa shape index (κ3) is 6.84. The van der Waals surface area contributed by atoms with Crippen LogP contribution >= 0.6 is 23.2 Å². The summed E-state index contributed by atoms with van der Waals surface area (Å²) < 4.78 is 10.6. The zero-order chi connectivity index (χ0) is 20.4. The molecule has 0 aliphatic rings. The van der Waals surface area contributed by atoms with Gasteiger partial charge in [-0.2, -0.15) is 5.10 Å². The van der Waals surface area contributed by atoms with Crippen LogP contribution in [0.1, 0.15) is 11.1 Å². The van der Waals surface area contributed by atoms with Crippen LogP contribution in [0.5, 0.6) is 5.75 Å². The summed E-state index contributed by atoms with van der Waals surface area (Å²) in [6, 6.07) is 12.4. The molecule has 2 N–H and O–H groups in total. The van der Waals surface area contributed by atoms with Crippen molar-refractivity contribution in [3.05, 3.63) is 63.6 Å². The van der Waals surface area contributed by atoms with Crippen LogP contribution in [0, 0.1) is 0 Å². The highest BCUT2D eigenvalue weighted by Gasteiger charge is 2.11. The first kappa shape index (κ1) is 21.7. The lowest BCUT2D eigenvalue weighted by molar-refractivity contribution is -0.139. The fraction of sp³-hybridized carbons (Fsp3) is 0.211. The minimum atomic E-state index is -0.874. The Labute approximate surface area is 172 Å². The molecule has 28 heavy (non-hydrogen) atoms. The van der Waals surface area contributed by atoms with E-state index in [0.717, 1.165) is 5.56 Å². The van der Waals surface area contributed by atoms with Gasteiger partial charge in [0.1, 0.15) is 12.4 Å². The average molecular weight is 424 g/mol. The minimum Gasteiger partial charge on any atom is -0.488 e. The Morgan fingerprint density at radius 3 is 2.64 bits per heavy atom. The van der Waals surface area contributed by atoms with E-state index in [4.69, 9.17) is 32.7 Å². The summed E-state index contributed by atoms with van der Waals surface area (Å²) in [6.07, 6.45) is 1.39. The Balaban J connectivity index is 1.93. The summed E-state index contributed by atoms with van der Waals surface area (Å²) in [5.74, 6) is -1.11. The molecule has 0 saturated carbocycles. The van der Waals surface area contributed by atoms with Gasteiger partial charge in [-0.05, 0) is 29.8 Å². The van der Waals surface area contributed by atoms with Crippen molar-refractivity contribution in [2.24, 2.45) is 5.10 Å². The first-order valence-corrected chi connectivity index (χ1v) is 9.02. The highest BCUT2D eigenvalue weighted by molar-refractivity contribution is 6.42. The van der Waals surface area contributed by atoms with E-state index in [9.17, 15) is 9.59 Å². The molecule has 0 radical (unpaired) electrons. The van der Waals surface area contributed by atoms with Crippen LogP contribution in [0.25, 0.3) is 0 Å². The molecule has 7 nitrogen and oxygen atoms in total. The lowest BCUT2D eigenvalue weighted by Crippen LogP contribution is -2.39. The summed E-state index contributed by atoms with van der Waals surface area (Å²) in [7, 11) is 1.50. The van der Waals surface area contributed by atoms with Crippen molar-refractivity contribution in [1.29, 1.82) is 0 Å². The summed E-state index contributed by atoms with van der Waals surface area (Å²) >= 11 is 11.9. The summed E-state index contributed by atoms with van der Waals surface area (Å²) in [6.45, 7) is 0.819. The second-order valence-electron chi connectivity index (χ2n) is 5.52. The van der Waals surface area contributed by atoms with Gasteiger partial charge in [-0.1, -0.05) is 41.4 Å². The number of benzene rings is 2. The van der Waals surface area contributed by atoms with Gasteiger partial charge in [0.2, 0.25) is 0 Å². The normalized spacial score (nSPS) is 10.7. The number of rotatable bonds is 8. The second-order valence-corrected chi connectivity index (χ2v) is 6.34. The number of nitrogens with one attached hydrogen (secondary N) is 2. The number of carbonyl (C=O) groups is 2. The zero-order valence-electron chi connectivity index (χ0n) is 15.1. The third-order valence-electron chi connectivity index (χ3n) is 3.47. The maximum Gasteiger partial charge on any atom is 0.329 e. The number of hydrogen-bond acceptors (Lipinski definition) is 5. The lowest BCUT2D eigenvalue weighted by Gasteiger charge is -2.09. The van der Waals surface area contributed by atoms with Crippen LogP contribution in [0.15, 0.2) is 47.6 Å². The molecule has 2 aromatic rings. The Morgan fingerprint density at radius 1 is 1.11 bits per heavy atom. The lowest BCUT2D eigenvalue weighted by atomic mass is 10.2. The fourth-order valence-electron chi connectivity index (χ4n) is 2.07. The van der Waals surface area contributed by atoms with Gasteiger partial charge in [0.05, 0.1) is 22.9 Å². The molecule has 2 amide bonds. The maximum atomic E-state index is 11.7. The smallest absolute Gasteiger partial charge is 0.329 e. The SMILES string of the molecule is COCCNC(=O)C(=O)N/N=C\c1ccccc1OCc1ccc(Cl)c(Cl)c1. The molecular weight excluding hydrogens is 405 g/mol. The minimum absolute atomic E-state index is 0.234. The molecule has 0 fully saturated rings. The van der Waals surface area contributed by atoms with E-state index < -0.39 is 11.8 Å². The molecule has 2 aromatic carbocycles. The molecule has 2 rings (SSSR count). The van der Waals surface area contributed by atoms with Crippen LogP contribution in [-0.4, -0.2) is 38.3 Å². The number of hydrazone groups is 1. The molecule has 0 aliphatic heterocycles. The standard InChI is InChI=1S/C19H19Cl2N3O4/c1-27-9-8-22-18(25)19(26)24-23-11-14-4-2-3-5-17(14)28-12-13-6-7-15(20)16(21)10-13/h2-7,10-11H,8-9,12H2,1H3,(H,22,25)(H,24,26)/b23-11-. The largest absolute Gasteiger partial charge is 0.488 e. The number of carbonyl (C=O) groups excluding carboxylic acids is 2. The van der Waals surface area contributed by atoms with Gasteiger partial charge in [0, 0.05) is 19.2 Å². The summed E-state index contributed by atoms with van der Waals surface area (Å²) in [5, 5.41) is 7.11. The van der Waals surface area contributed by atoms with Gasteiger partial charge < -0.3 is 14.8 Å². The maximum absolute atomic E-state index is 11.7. The number of amides is 2. The number of methoxy groups -OCH3 is 1. The molecule has 0 heterocycles. The van der Waals surface area contributed by atoms with E-state index in [1.165, 1.54) is 13.3 Å². The monoisotopic (exact) mass is 423 g/mol. The molecule has 0 aromatic heterocycles. The predicted octanol–water partition coefficient (Wildman–Crippen LogP) is 2.79. The van der Waals surface area contributed by atoms with E-state index in [0.29, 0.717) is 28.0 Å². The van der Waals surface area contributed by atoms with Crippen molar-refractivity contribution < 1.29 is 19.1 Å². The summed E-state index contributed by atoms with van der Waals surface area (Å²) in [4.78, 5) is 23.2. The van der Waals surface area contributed by atoms with Gasteiger partial charge in [-0.3, -0.25) is 9.59 Å². The molecule has 0 atom stereocenters. The fourth-order valence-corrected chi connectivity index (χ4v) is 2.39. The number of ether oxygens (including phenoxy) is 2. The molecule has 0 saturated heterocycles. The Bertz CT molecular complexity index is 859. The second kappa shape index (κ2) is 11.3. The molecule has 148 valence electrons. The number of nitrogens with zero attached hydrogens (tertiary/aromatic N) is 1. The predicted molar refractivity (Wildman–Crippen MR) is 108 cm³/mol. The van der Waals surface area contributed by atoms with Crippen molar-refractivity contribution in [1.82, 2.24) is 10.7 Å². The summed E-state index contributed by atoms with van der Waals surface area (Å²) in [5.41, 5.74) is 3.64. The van der Waals surface area contributed by atoms with Crippen LogP contribution < -0.4 is 15.5 Å². The molecule has 0 aliphatic carbocycles. The van der Waals surface area contributed by atoms with Crippen LogP contribution in [0.4, 0.5) is 0 Å². The highest BCUT2D eigenvalue weighted by atomic mass is 35.5. The zero-order valence-corrected chi connectivity index (χ0v) is 16.6. The molecule has 0 unspecified atom stereocenters. The Morgan fingerprint density at radius 2 is 1.89 bits per heavy atom. The van der Waals surface area contributed by atoms with E-state index in [2.05, 4.69) is 15.8 Å². The van der Waals surface area contributed by atoms with Crippen molar-refractivity contribution in [3.63, 3.8) is 0 Å². The van der Waals surface area contributed by atoms with E-state index in [1.807, 2.05) is 12.1 Å². The molecular formula is C19H19Cl2N3O4. The number of halogens is 2. The first-order chi connectivity index (χ1) is 13.5. The third-order valence-corrected chi connectivity index (χ3v) is 4.20. The Kier molecular flexibility index (Phi) is 8.74. The van der Waals surface area contributed by atoms with E-state index >= 15 is 0 Å². The van der Waals surface area contributed by atoms with E-state index in [-0.39, 0.29) is 13.2 Å². The van der Waals surface area contributed by atoms with Gasteiger partial charge in [-0.15, -0.1) is 0 Å². The number of hydrogen-bond donors (Lipinski definition) is 2. The van der Waals surface area contributed by atoms with Gasteiger partial charge in [-0.25, -0.2) is 5.43 Å². The number of para-hydroxylation sites is 1. The van der Waals surface area contributed by atoms with Gasteiger partial charge in [0.15, 0.2) is 0 Å².